The number of aromatic nitrogens is 1. The molecule has 0 saturated carbocycles. The molecule has 0 atom stereocenters. The van der Waals surface area contributed by atoms with E-state index in [4.69, 9.17) is 9.84 Å². The highest BCUT2D eigenvalue weighted by molar-refractivity contribution is 5.88. The van der Waals surface area contributed by atoms with Crippen LogP contribution >= 0.6 is 0 Å². The highest BCUT2D eigenvalue weighted by atomic mass is 19.1. The molecule has 0 aliphatic rings. The summed E-state index contributed by atoms with van der Waals surface area (Å²) in [6.45, 7) is 3.67. The third-order valence-electron chi connectivity index (χ3n) is 2.77. The molecule has 0 aliphatic carbocycles. The smallest absolute Gasteiger partial charge is 0.335 e. The van der Waals surface area contributed by atoms with Crippen LogP contribution in [0.4, 0.5) is 8.78 Å². The van der Waals surface area contributed by atoms with Crippen LogP contribution in [-0.4, -0.2) is 16.1 Å². The van der Waals surface area contributed by atoms with E-state index < -0.39 is 17.6 Å². The molecule has 1 N–H and O–H groups in total. The van der Waals surface area contributed by atoms with Crippen LogP contribution in [0, 0.1) is 11.6 Å². The SMILES string of the molecule is CC(C)c1cc(C(=O)O)cc(Oc2cc(F)ccc2F)n1. The maximum absolute atomic E-state index is 13.5. The van der Waals surface area contributed by atoms with Crippen molar-refractivity contribution < 1.29 is 23.4 Å². The van der Waals surface area contributed by atoms with Gasteiger partial charge >= 0.3 is 5.97 Å². The standard InChI is InChI=1S/C15H13F2NO3/c1-8(2)12-5-9(15(19)20)6-14(18-12)21-13-7-10(16)3-4-11(13)17/h3-8H,1-2H3,(H,19,20). The third kappa shape index (κ3) is 3.53. The van der Waals surface area contributed by atoms with Crippen LogP contribution in [0.1, 0.15) is 35.8 Å². The number of carbonyl (C=O) groups is 1. The molecule has 0 saturated heterocycles. The van der Waals surface area contributed by atoms with Gasteiger partial charge in [0, 0.05) is 17.8 Å². The van der Waals surface area contributed by atoms with Crippen molar-refractivity contribution in [2.45, 2.75) is 19.8 Å². The van der Waals surface area contributed by atoms with Crippen molar-refractivity contribution in [2.24, 2.45) is 0 Å². The van der Waals surface area contributed by atoms with Gasteiger partial charge in [-0.15, -0.1) is 0 Å². The zero-order chi connectivity index (χ0) is 15.6. The molecule has 0 fully saturated rings. The van der Waals surface area contributed by atoms with Crippen molar-refractivity contribution in [1.82, 2.24) is 4.98 Å². The van der Waals surface area contributed by atoms with Crippen LogP contribution in [0.25, 0.3) is 0 Å². The minimum atomic E-state index is -1.15. The summed E-state index contributed by atoms with van der Waals surface area (Å²) in [4.78, 5) is 15.2. The molecule has 0 unspecified atom stereocenters. The minimum Gasteiger partial charge on any atom is -0.478 e. The van der Waals surface area contributed by atoms with Gasteiger partial charge in [0.1, 0.15) is 5.82 Å². The molecule has 0 spiro atoms. The Morgan fingerprint density at radius 1 is 1.24 bits per heavy atom. The Morgan fingerprint density at radius 2 is 1.95 bits per heavy atom. The average molecular weight is 293 g/mol. The number of carboxylic acids is 1. The van der Waals surface area contributed by atoms with E-state index in [0.29, 0.717) is 5.69 Å². The predicted octanol–water partition coefficient (Wildman–Crippen LogP) is 3.97. The van der Waals surface area contributed by atoms with Gasteiger partial charge in [0.2, 0.25) is 5.88 Å². The fourth-order valence-electron chi connectivity index (χ4n) is 1.67. The Bertz CT molecular complexity index is 687. The summed E-state index contributed by atoms with van der Waals surface area (Å²) in [5, 5.41) is 9.06. The van der Waals surface area contributed by atoms with E-state index >= 15 is 0 Å². The normalized spacial score (nSPS) is 10.7. The highest BCUT2D eigenvalue weighted by Crippen LogP contribution is 2.26. The van der Waals surface area contributed by atoms with E-state index in [1.807, 2.05) is 13.8 Å². The number of rotatable bonds is 4. The highest BCUT2D eigenvalue weighted by Gasteiger charge is 2.14. The molecule has 1 aromatic carbocycles. The third-order valence-corrected chi connectivity index (χ3v) is 2.77. The molecular formula is C15H13F2NO3. The second kappa shape index (κ2) is 5.87. The summed E-state index contributed by atoms with van der Waals surface area (Å²) in [7, 11) is 0. The van der Waals surface area contributed by atoms with E-state index in [-0.39, 0.29) is 23.1 Å². The molecule has 21 heavy (non-hydrogen) atoms. The predicted molar refractivity (Wildman–Crippen MR) is 71.7 cm³/mol. The Kier molecular flexibility index (Phi) is 4.16. The number of pyridine rings is 1. The Balaban J connectivity index is 2.43. The molecule has 4 nitrogen and oxygen atoms in total. The lowest BCUT2D eigenvalue weighted by atomic mass is 10.1. The fraction of sp³-hybridized carbons (Fsp3) is 0.200. The molecule has 0 bridgehead atoms. The summed E-state index contributed by atoms with van der Waals surface area (Å²) in [5.74, 6) is -3.05. The number of benzene rings is 1. The number of aromatic carboxylic acids is 1. The molecule has 2 rings (SSSR count). The van der Waals surface area contributed by atoms with Crippen molar-refractivity contribution in [1.29, 1.82) is 0 Å². The fourth-order valence-corrected chi connectivity index (χ4v) is 1.67. The Morgan fingerprint density at radius 3 is 2.57 bits per heavy atom. The first-order chi connectivity index (χ1) is 9.86. The van der Waals surface area contributed by atoms with Crippen LogP contribution < -0.4 is 4.74 Å². The van der Waals surface area contributed by atoms with E-state index in [2.05, 4.69) is 4.98 Å². The van der Waals surface area contributed by atoms with E-state index in [1.54, 1.807) is 0 Å². The van der Waals surface area contributed by atoms with Gasteiger partial charge in [-0.25, -0.2) is 18.6 Å². The minimum absolute atomic E-state index is 0.0273. The molecule has 0 radical (unpaired) electrons. The first kappa shape index (κ1) is 14.9. The lowest BCUT2D eigenvalue weighted by Crippen LogP contribution is -2.03. The summed E-state index contributed by atoms with van der Waals surface area (Å²) >= 11 is 0. The van der Waals surface area contributed by atoms with Crippen molar-refractivity contribution in [2.75, 3.05) is 0 Å². The van der Waals surface area contributed by atoms with E-state index in [1.165, 1.54) is 12.1 Å². The lowest BCUT2D eigenvalue weighted by Gasteiger charge is -2.11. The Labute approximate surface area is 120 Å². The van der Waals surface area contributed by atoms with E-state index in [0.717, 1.165) is 18.2 Å². The number of ether oxygens (including phenoxy) is 1. The monoisotopic (exact) mass is 293 g/mol. The quantitative estimate of drug-likeness (QED) is 0.926. The molecule has 6 heteroatoms. The molecule has 110 valence electrons. The van der Waals surface area contributed by atoms with Gasteiger partial charge in [0.15, 0.2) is 11.6 Å². The number of halogens is 2. The zero-order valence-corrected chi connectivity index (χ0v) is 11.4. The second-order valence-corrected chi connectivity index (χ2v) is 4.76. The van der Waals surface area contributed by atoms with Gasteiger partial charge < -0.3 is 9.84 Å². The Hall–Kier alpha value is -2.50. The van der Waals surface area contributed by atoms with Crippen LogP contribution in [0.5, 0.6) is 11.6 Å². The summed E-state index contributed by atoms with van der Waals surface area (Å²) in [6.07, 6.45) is 0. The van der Waals surface area contributed by atoms with Gasteiger partial charge in [-0.3, -0.25) is 0 Å². The molecule has 2 aromatic rings. The number of hydrogen-bond donors (Lipinski definition) is 1. The first-order valence-electron chi connectivity index (χ1n) is 6.25. The first-order valence-corrected chi connectivity index (χ1v) is 6.25. The molecule has 0 amide bonds. The van der Waals surface area contributed by atoms with Gasteiger partial charge in [-0.05, 0) is 24.1 Å². The summed E-state index contributed by atoms with van der Waals surface area (Å²) in [6, 6.07) is 5.35. The molecule has 1 heterocycles. The van der Waals surface area contributed by atoms with Gasteiger partial charge in [-0.2, -0.15) is 0 Å². The molecule has 0 aliphatic heterocycles. The van der Waals surface area contributed by atoms with Crippen molar-refractivity contribution in [3.05, 3.63) is 53.2 Å². The van der Waals surface area contributed by atoms with Gasteiger partial charge in [0.05, 0.1) is 5.56 Å². The van der Waals surface area contributed by atoms with Crippen molar-refractivity contribution >= 4 is 5.97 Å². The number of hydrogen-bond acceptors (Lipinski definition) is 3. The maximum atomic E-state index is 13.5. The number of carboxylic acid groups (broad SMARTS) is 1. The lowest BCUT2D eigenvalue weighted by molar-refractivity contribution is 0.0696. The van der Waals surface area contributed by atoms with Crippen LogP contribution in [0.15, 0.2) is 30.3 Å². The van der Waals surface area contributed by atoms with Gasteiger partial charge in [-0.1, -0.05) is 13.8 Å². The van der Waals surface area contributed by atoms with E-state index in [9.17, 15) is 13.6 Å². The average Bonchev–Trinajstić information content (AvgIpc) is 2.42. The molecule has 1 aromatic heterocycles. The van der Waals surface area contributed by atoms with Crippen LogP contribution in [-0.2, 0) is 0 Å². The van der Waals surface area contributed by atoms with Crippen LogP contribution in [0.2, 0.25) is 0 Å². The summed E-state index contributed by atoms with van der Waals surface area (Å²) in [5.41, 5.74) is 0.460. The van der Waals surface area contributed by atoms with Crippen molar-refractivity contribution in [3.63, 3.8) is 0 Å². The molecular weight excluding hydrogens is 280 g/mol. The topological polar surface area (TPSA) is 59.4 Å². The summed E-state index contributed by atoms with van der Waals surface area (Å²) < 4.78 is 31.8. The maximum Gasteiger partial charge on any atom is 0.335 e. The number of nitrogens with zero attached hydrogens (tertiary/aromatic N) is 1. The van der Waals surface area contributed by atoms with Crippen molar-refractivity contribution in [3.8, 4) is 11.6 Å². The van der Waals surface area contributed by atoms with Crippen LogP contribution in [0.3, 0.4) is 0 Å². The van der Waals surface area contributed by atoms with Gasteiger partial charge in [0.25, 0.3) is 0 Å². The second-order valence-electron chi connectivity index (χ2n) is 4.76. The zero-order valence-electron chi connectivity index (χ0n) is 11.4. The largest absolute Gasteiger partial charge is 0.478 e.